The second-order valence-corrected chi connectivity index (χ2v) is 9.47. The van der Waals surface area contributed by atoms with Crippen molar-refractivity contribution >= 4 is 27.4 Å². The number of benzene rings is 1. The molecule has 1 atom stereocenters. The lowest BCUT2D eigenvalue weighted by Crippen LogP contribution is -2.32. The minimum Gasteiger partial charge on any atom is -0.503 e. The van der Waals surface area contributed by atoms with Gasteiger partial charge in [-0.05, 0) is 43.3 Å². The Labute approximate surface area is 168 Å². The van der Waals surface area contributed by atoms with Crippen molar-refractivity contribution in [2.24, 2.45) is 10.6 Å². The molecule has 1 aliphatic heterocycles. The number of aryl methyl sites for hydroxylation is 1. The quantitative estimate of drug-likeness (QED) is 0.785. The molecule has 0 fully saturated rings. The van der Waals surface area contributed by atoms with Gasteiger partial charge in [0.2, 0.25) is 10.0 Å². The third-order valence-electron chi connectivity index (χ3n) is 4.61. The van der Waals surface area contributed by atoms with Crippen LogP contribution in [0, 0.1) is 12.3 Å². The Bertz CT molecular complexity index is 1120. The summed E-state index contributed by atoms with van der Waals surface area (Å²) in [4.78, 5) is 27.0. The lowest BCUT2D eigenvalue weighted by molar-refractivity contribution is -0.123. The monoisotopic (exact) mass is 418 g/mol. The first-order chi connectivity index (χ1) is 13.3. The van der Waals surface area contributed by atoms with Crippen LogP contribution in [-0.4, -0.2) is 25.2 Å². The third kappa shape index (κ3) is 3.70. The van der Waals surface area contributed by atoms with E-state index < -0.39 is 38.9 Å². The van der Waals surface area contributed by atoms with Gasteiger partial charge >= 0.3 is 0 Å². The summed E-state index contributed by atoms with van der Waals surface area (Å²) in [5.74, 6) is -0.945. The number of hydrogen-bond donors (Lipinski definition) is 2. The van der Waals surface area contributed by atoms with Crippen LogP contribution in [0.15, 0.2) is 57.0 Å². The van der Waals surface area contributed by atoms with E-state index in [-0.39, 0.29) is 16.2 Å². The van der Waals surface area contributed by atoms with E-state index in [2.05, 4.69) is 0 Å². The van der Waals surface area contributed by atoms with E-state index in [9.17, 15) is 23.1 Å². The molecular formula is C20H22N2O6S. The predicted octanol–water partition coefficient (Wildman–Crippen LogP) is 2.75. The molecule has 1 aromatic heterocycles. The second kappa shape index (κ2) is 6.85. The maximum Gasteiger partial charge on any atom is 0.294 e. The predicted molar refractivity (Wildman–Crippen MR) is 106 cm³/mol. The fourth-order valence-corrected chi connectivity index (χ4v) is 3.69. The van der Waals surface area contributed by atoms with Crippen molar-refractivity contribution in [3.63, 3.8) is 0 Å². The molecule has 0 radical (unpaired) electrons. The molecule has 154 valence electrons. The van der Waals surface area contributed by atoms with Crippen LogP contribution in [0.3, 0.4) is 0 Å². The summed E-state index contributed by atoms with van der Waals surface area (Å²) < 4.78 is 28.7. The van der Waals surface area contributed by atoms with Crippen molar-refractivity contribution in [3.8, 4) is 0 Å². The number of furan rings is 1. The molecule has 9 heteroatoms. The summed E-state index contributed by atoms with van der Waals surface area (Å²) >= 11 is 0. The summed E-state index contributed by atoms with van der Waals surface area (Å²) in [7, 11) is -3.91. The number of rotatable bonds is 4. The van der Waals surface area contributed by atoms with E-state index in [0.29, 0.717) is 11.5 Å². The SMILES string of the molecule is Cc1ccc(C2C(C(=O)C(C)(C)C)=C(O)C(=O)N2c2ccc(S(N)(=O)=O)cc2)o1. The van der Waals surface area contributed by atoms with Crippen LogP contribution in [0.5, 0.6) is 0 Å². The maximum absolute atomic E-state index is 13.0. The van der Waals surface area contributed by atoms with Crippen LogP contribution >= 0.6 is 0 Å². The first-order valence-electron chi connectivity index (χ1n) is 8.83. The number of carbonyl (C=O) groups is 2. The summed E-state index contributed by atoms with van der Waals surface area (Å²) in [6.07, 6.45) is 0. The van der Waals surface area contributed by atoms with Crippen LogP contribution in [-0.2, 0) is 19.6 Å². The number of nitrogens with two attached hydrogens (primary N) is 1. The molecule has 1 amide bonds. The molecule has 2 aromatic rings. The summed E-state index contributed by atoms with van der Waals surface area (Å²) in [6.45, 7) is 6.79. The Balaban J connectivity index is 2.16. The third-order valence-corrected chi connectivity index (χ3v) is 5.54. The molecule has 1 aliphatic rings. The number of hydrogen-bond acceptors (Lipinski definition) is 6. The van der Waals surface area contributed by atoms with Gasteiger partial charge in [0.1, 0.15) is 17.6 Å². The minimum atomic E-state index is -3.91. The van der Waals surface area contributed by atoms with E-state index in [1.54, 1.807) is 39.8 Å². The fraction of sp³-hybridized carbons (Fsp3) is 0.300. The van der Waals surface area contributed by atoms with E-state index >= 15 is 0 Å². The van der Waals surface area contributed by atoms with Gasteiger partial charge in [-0.2, -0.15) is 0 Å². The number of anilines is 1. The minimum absolute atomic E-state index is 0.0626. The van der Waals surface area contributed by atoms with Gasteiger partial charge in [0.05, 0.1) is 10.5 Å². The van der Waals surface area contributed by atoms with Crippen LogP contribution in [0.25, 0.3) is 0 Å². The fourth-order valence-electron chi connectivity index (χ4n) is 3.17. The smallest absolute Gasteiger partial charge is 0.294 e. The van der Waals surface area contributed by atoms with Gasteiger partial charge in [-0.3, -0.25) is 14.5 Å². The van der Waals surface area contributed by atoms with Crippen molar-refractivity contribution in [1.29, 1.82) is 0 Å². The molecular weight excluding hydrogens is 396 g/mol. The van der Waals surface area contributed by atoms with Crippen molar-refractivity contribution < 1.29 is 27.5 Å². The standard InChI is InChI=1S/C20H22N2O6S/c1-11-5-10-14(28-11)16-15(18(24)20(2,3)4)17(23)19(25)22(16)12-6-8-13(9-7-12)29(21,26)27/h5-10,16,23H,1-4H3,(H2,21,26,27). The highest BCUT2D eigenvalue weighted by atomic mass is 32.2. The van der Waals surface area contributed by atoms with Gasteiger partial charge in [-0.1, -0.05) is 20.8 Å². The molecule has 29 heavy (non-hydrogen) atoms. The van der Waals surface area contributed by atoms with Crippen LogP contribution in [0.2, 0.25) is 0 Å². The molecule has 3 N–H and O–H groups in total. The van der Waals surface area contributed by atoms with Gasteiger partial charge in [0.25, 0.3) is 5.91 Å². The number of aliphatic hydroxyl groups excluding tert-OH is 1. The number of carbonyl (C=O) groups excluding carboxylic acids is 2. The van der Waals surface area contributed by atoms with Crippen molar-refractivity contribution in [2.45, 2.75) is 38.6 Å². The number of amides is 1. The largest absolute Gasteiger partial charge is 0.503 e. The molecule has 1 unspecified atom stereocenters. The molecule has 1 aromatic carbocycles. The Kier molecular flexibility index (Phi) is 4.92. The number of primary sulfonamides is 1. The Morgan fingerprint density at radius 1 is 1.14 bits per heavy atom. The van der Waals surface area contributed by atoms with E-state index in [0.717, 1.165) is 0 Å². The molecule has 0 spiro atoms. The summed E-state index contributed by atoms with van der Waals surface area (Å²) in [5.41, 5.74) is -0.631. The molecule has 0 saturated heterocycles. The Hall–Kier alpha value is -2.91. The molecule has 8 nitrogen and oxygen atoms in total. The van der Waals surface area contributed by atoms with Crippen molar-refractivity contribution in [1.82, 2.24) is 0 Å². The highest BCUT2D eigenvalue weighted by Crippen LogP contribution is 2.43. The van der Waals surface area contributed by atoms with Crippen molar-refractivity contribution in [2.75, 3.05) is 4.90 Å². The van der Waals surface area contributed by atoms with E-state index in [1.807, 2.05) is 0 Å². The zero-order valence-electron chi connectivity index (χ0n) is 16.5. The van der Waals surface area contributed by atoms with Crippen LogP contribution in [0.1, 0.15) is 38.3 Å². The number of nitrogens with zero attached hydrogens (tertiary/aromatic N) is 1. The first kappa shape index (κ1) is 20.8. The maximum atomic E-state index is 13.0. The molecule has 3 rings (SSSR count). The summed E-state index contributed by atoms with van der Waals surface area (Å²) in [6, 6.07) is 7.62. The van der Waals surface area contributed by atoms with Gasteiger partial charge in [0, 0.05) is 11.1 Å². The van der Waals surface area contributed by atoms with Crippen LogP contribution < -0.4 is 10.0 Å². The molecule has 0 bridgehead atoms. The second-order valence-electron chi connectivity index (χ2n) is 7.91. The highest BCUT2D eigenvalue weighted by molar-refractivity contribution is 7.89. The summed E-state index contributed by atoms with van der Waals surface area (Å²) in [5, 5.41) is 15.7. The average molecular weight is 418 g/mol. The number of aliphatic hydroxyl groups is 1. The van der Waals surface area contributed by atoms with E-state index in [1.165, 1.54) is 29.2 Å². The number of ketones is 1. The van der Waals surface area contributed by atoms with Gasteiger partial charge in [-0.25, -0.2) is 13.6 Å². The molecule has 0 saturated carbocycles. The zero-order valence-corrected chi connectivity index (χ0v) is 17.3. The Morgan fingerprint density at radius 2 is 1.72 bits per heavy atom. The molecule has 2 heterocycles. The lowest BCUT2D eigenvalue weighted by Gasteiger charge is -2.27. The lowest BCUT2D eigenvalue weighted by atomic mass is 9.83. The number of sulfonamides is 1. The van der Waals surface area contributed by atoms with Gasteiger partial charge < -0.3 is 9.52 Å². The van der Waals surface area contributed by atoms with Crippen LogP contribution in [0.4, 0.5) is 5.69 Å². The van der Waals surface area contributed by atoms with Gasteiger partial charge in [-0.15, -0.1) is 0 Å². The highest BCUT2D eigenvalue weighted by Gasteiger charge is 2.48. The zero-order chi connectivity index (χ0) is 21.7. The normalized spacial score (nSPS) is 17.9. The van der Waals surface area contributed by atoms with Crippen molar-refractivity contribution in [3.05, 3.63) is 59.3 Å². The average Bonchev–Trinajstić information content (AvgIpc) is 3.15. The number of Topliss-reactive ketones (excluding diaryl/α,β-unsaturated/α-hetero) is 1. The first-order valence-corrected chi connectivity index (χ1v) is 10.4. The van der Waals surface area contributed by atoms with E-state index in [4.69, 9.17) is 9.56 Å². The van der Waals surface area contributed by atoms with Gasteiger partial charge in [0.15, 0.2) is 11.5 Å². The topological polar surface area (TPSA) is 131 Å². The molecule has 0 aliphatic carbocycles. The Morgan fingerprint density at radius 3 is 2.17 bits per heavy atom.